The molecule has 3 rings (SSSR count). The molecule has 0 fully saturated rings. The van der Waals surface area contributed by atoms with E-state index in [4.69, 9.17) is 9.15 Å². The summed E-state index contributed by atoms with van der Waals surface area (Å²) in [6, 6.07) is 16.0. The number of nitrogens with zero attached hydrogens (tertiary/aromatic N) is 2. The molecule has 148 valence electrons. The topological polar surface area (TPSA) is 71.7 Å². The molecule has 0 unspecified atom stereocenters. The van der Waals surface area contributed by atoms with Crippen LogP contribution in [0.1, 0.15) is 16.8 Å². The van der Waals surface area contributed by atoms with Gasteiger partial charge in [0.1, 0.15) is 12.0 Å². The Hall–Kier alpha value is -2.55. The van der Waals surface area contributed by atoms with Crippen molar-refractivity contribution in [3.63, 3.8) is 0 Å². The van der Waals surface area contributed by atoms with E-state index >= 15 is 0 Å². The summed E-state index contributed by atoms with van der Waals surface area (Å²) >= 11 is 0. The van der Waals surface area contributed by atoms with E-state index in [1.807, 2.05) is 48.5 Å². The number of nitrogens with one attached hydrogen (secondary N) is 2. The SMILES string of the molecule is CN=C(NCc1cccc(OC)c1)NCc1coc(-c2ccc(C)cc2)n1.I. The lowest BCUT2D eigenvalue weighted by molar-refractivity contribution is 0.414. The van der Waals surface area contributed by atoms with Gasteiger partial charge in [0.2, 0.25) is 5.89 Å². The summed E-state index contributed by atoms with van der Waals surface area (Å²) in [5.41, 5.74) is 4.10. The molecule has 0 saturated carbocycles. The van der Waals surface area contributed by atoms with E-state index in [1.54, 1.807) is 20.4 Å². The molecule has 0 atom stereocenters. The molecule has 0 aliphatic carbocycles. The lowest BCUT2D eigenvalue weighted by atomic mass is 10.1. The molecule has 1 aromatic heterocycles. The van der Waals surface area contributed by atoms with E-state index in [-0.39, 0.29) is 24.0 Å². The smallest absolute Gasteiger partial charge is 0.226 e. The summed E-state index contributed by atoms with van der Waals surface area (Å²) in [4.78, 5) is 8.77. The second kappa shape index (κ2) is 10.7. The van der Waals surface area contributed by atoms with Crippen molar-refractivity contribution in [2.75, 3.05) is 14.2 Å². The van der Waals surface area contributed by atoms with Crippen LogP contribution in [0.2, 0.25) is 0 Å². The Labute approximate surface area is 182 Å². The average Bonchev–Trinajstić information content (AvgIpc) is 3.18. The minimum absolute atomic E-state index is 0. The third-order valence-electron chi connectivity index (χ3n) is 4.10. The number of methoxy groups -OCH3 is 1. The van der Waals surface area contributed by atoms with Crippen LogP contribution in [0.4, 0.5) is 0 Å². The zero-order chi connectivity index (χ0) is 19.1. The quantitative estimate of drug-likeness (QED) is 0.308. The highest BCUT2D eigenvalue weighted by Gasteiger charge is 2.07. The molecule has 0 radical (unpaired) electrons. The first-order valence-electron chi connectivity index (χ1n) is 8.77. The Morgan fingerprint density at radius 3 is 2.57 bits per heavy atom. The Morgan fingerprint density at radius 2 is 1.86 bits per heavy atom. The molecule has 0 aliphatic heterocycles. The van der Waals surface area contributed by atoms with E-state index < -0.39 is 0 Å². The lowest BCUT2D eigenvalue weighted by Gasteiger charge is -2.11. The van der Waals surface area contributed by atoms with E-state index in [1.165, 1.54) is 5.56 Å². The largest absolute Gasteiger partial charge is 0.497 e. The van der Waals surface area contributed by atoms with Gasteiger partial charge in [-0.05, 0) is 36.8 Å². The Balaban J connectivity index is 0.00000280. The van der Waals surface area contributed by atoms with E-state index in [0.29, 0.717) is 24.9 Å². The minimum Gasteiger partial charge on any atom is -0.497 e. The molecule has 2 aromatic carbocycles. The third kappa shape index (κ3) is 5.98. The summed E-state index contributed by atoms with van der Waals surface area (Å²) in [5.74, 6) is 2.15. The van der Waals surface area contributed by atoms with Gasteiger partial charge in [0.25, 0.3) is 0 Å². The number of hydrogen-bond acceptors (Lipinski definition) is 4. The van der Waals surface area contributed by atoms with Crippen molar-refractivity contribution in [2.45, 2.75) is 20.0 Å². The van der Waals surface area contributed by atoms with E-state index in [0.717, 1.165) is 22.6 Å². The summed E-state index contributed by atoms with van der Waals surface area (Å²) in [7, 11) is 3.40. The molecule has 0 spiro atoms. The van der Waals surface area contributed by atoms with Crippen LogP contribution in [0.5, 0.6) is 5.75 Å². The number of halogens is 1. The molecule has 0 aliphatic rings. The van der Waals surface area contributed by atoms with Crippen LogP contribution in [0.15, 0.2) is 64.2 Å². The van der Waals surface area contributed by atoms with Crippen LogP contribution >= 0.6 is 24.0 Å². The highest BCUT2D eigenvalue weighted by atomic mass is 127. The fourth-order valence-electron chi connectivity index (χ4n) is 2.58. The van der Waals surface area contributed by atoms with Crippen LogP contribution in [0.3, 0.4) is 0 Å². The molecule has 6 nitrogen and oxygen atoms in total. The molecular weight excluding hydrogens is 467 g/mol. The zero-order valence-electron chi connectivity index (χ0n) is 16.2. The van der Waals surface area contributed by atoms with Crippen LogP contribution in [-0.2, 0) is 13.1 Å². The fraction of sp³-hybridized carbons (Fsp3) is 0.238. The number of aliphatic imine (C=N–C) groups is 1. The average molecular weight is 492 g/mol. The number of benzene rings is 2. The van der Waals surface area contributed by atoms with E-state index in [9.17, 15) is 0 Å². The number of oxazole rings is 1. The number of aryl methyl sites for hydroxylation is 1. The molecule has 7 heteroatoms. The minimum atomic E-state index is 0. The maximum atomic E-state index is 5.59. The zero-order valence-corrected chi connectivity index (χ0v) is 18.6. The third-order valence-corrected chi connectivity index (χ3v) is 4.10. The Morgan fingerprint density at radius 1 is 1.11 bits per heavy atom. The van der Waals surface area contributed by atoms with Gasteiger partial charge >= 0.3 is 0 Å². The summed E-state index contributed by atoms with van der Waals surface area (Å²) in [6.45, 7) is 3.22. The Bertz CT molecular complexity index is 907. The molecular formula is C21H25IN4O2. The van der Waals surface area contributed by atoms with Crippen molar-refractivity contribution < 1.29 is 9.15 Å². The first kappa shape index (κ1) is 21.7. The van der Waals surface area contributed by atoms with Gasteiger partial charge in [-0.15, -0.1) is 24.0 Å². The predicted octanol–water partition coefficient (Wildman–Crippen LogP) is 4.14. The highest BCUT2D eigenvalue weighted by molar-refractivity contribution is 14.0. The number of hydrogen-bond donors (Lipinski definition) is 2. The van der Waals surface area contributed by atoms with Crippen LogP contribution in [0.25, 0.3) is 11.5 Å². The van der Waals surface area contributed by atoms with Crippen molar-refractivity contribution >= 4 is 29.9 Å². The van der Waals surface area contributed by atoms with Gasteiger partial charge in [-0.1, -0.05) is 29.8 Å². The van der Waals surface area contributed by atoms with Gasteiger partial charge in [-0.3, -0.25) is 4.99 Å². The van der Waals surface area contributed by atoms with Gasteiger partial charge in [-0.25, -0.2) is 4.98 Å². The molecule has 2 N–H and O–H groups in total. The summed E-state index contributed by atoms with van der Waals surface area (Å²) in [5, 5.41) is 6.52. The second-order valence-electron chi connectivity index (χ2n) is 6.14. The molecule has 3 aromatic rings. The standard InChI is InChI=1S/C21H24N4O2.HI/c1-15-7-9-17(10-8-15)20-25-18(14-27-20)13-24-21(22-2)23-12-16-5-4-6-19(11-16)26-3;/h4-11,14H,12-13H2,1-3H3,(H2,22,23,24);1H. The predicted molar refractivity (Wildman–Crippen MR) is 122 cm³/mol. The maximum absolute atomic E-state index is 5.59. The van der Waals surface area contributed by atoms with Crippen LogP contribution < -0.4 is 15.4 Å². The van der Waals surface area contributed by atoms with E-state index in [2.05, 4.69) is 27.5 Å². The Kier molecular flexibility index (Phi) is 8.31. The van der Waals surface area contributed by atoms with Crippen molar-refractivity contribution in [3.05, 3.63) is 71.6 Å². The molecule has 1 heterocycles. The van der Waals surface area contributed by atoms with Crippen molar-refractivity contribution in [3.8, 4) is 17.2 Å². The van der Waals surface area contributed by atoms with Gasteiger partial charge in [0.15, 0.2) is 5.96 Å². The summed E-state index contributed by atoms with van der Waals surface area (Å²) in [6.07, 6.45) is 1.66. The molecule has 28 heavy (non-hydrogen) atoms. The first-order valence-corrected chi connectivity index (χ1v) is 8.77. The fourth-order valence-corrected chi connectivity index (χ4v) is 2.58. The molecule has 0 bridgehead atoms. The van der Waals surface area contributed by atoms with Crippen LogP contribution in [0, 0.1) is 6.92 Å². The lowest BCUT2D eigenvalue weighted by Crippen LogP contribution is -2.36. The van der Waals surface area contributed by atoms with Gasteiger partial charge < -0.3 is 19.8 Å². The van der Waals surface area contributed by atoms with Crippen molar-refractivity contribution in [2.24, 2.45) is 4.99 Å². The maximum Gasteiger partial charge on any atom is 0.226 e. The first-order chi connectivity index (χ1) is 13.2. The normalized spacial score (nSPS) is 10.9. The molecule has 0 amide bonds. The molecule has 0 saturated heterocycles. The van der Waals surface area contributed by atoms with Crippen molar-refractivity contribution in [1.82, 2.24) is 15.6 Å². The van der Waals surface area contributed by atoms with Gasteiger partial charge in [0, 0.05) is 19.2 Å². The number of rotatable bonds is 6. The van der Waals surface area contributed by atoms with Gasteiger partial charge in [0.05, 0.1) is 19.3 Å². The number of guanidine groups is 1. The van der Waals surface area contributed by atoms with Crippen molar-refractivity contribution in [1.29, 1.82) is 0 Å². The van der Waals surface area contributed by atoms with Crippen LogP contribution in [-0.4, -0.2) is 25.1 Å². The van der Waals surface area contributed by atoms with Gasteiger partial charge in [-0.2, -0.15) is 0 Å². The number of ether oxygens (including phenoxy) is 1. The number of aromatic nitrogens is 1. The summed E-state index contributed by atoms with van der Waals surface area (Å²) < 4.78 is 10.8. The highest BCUT2D eigenvalue weighted by Crippen LogP contribution is 2.19. The second-order valence-corrected chi connectivity index (χ2v) is 6.14. The monoisotopic (exact) mass is 492 g/mol.